The first kappa shape index (κ1) is 23.5. The lowest BCUT2D eigenvalue weighted by Gasteiger charge is -2.31. The Bertz CT molecular complexity index is 797. The zero-order valence-corrected chi connectivity index (χ0v) is 20.0. The maximum atomic E-state index is 5.21. The number of likely N-dealkylation sites (tertiary alicyclic amines) is 1. The second-order valence-electron chi connectivity index (χ2n) is 8.26. The molecule has 0 saturated carbocycles. The van der Waals surface area contributed by atoms with Crippen LogP contribution in [0.4, 0.5) is 0 Å². The van der Waals surface area contributed by atoms with Crippen LogP contribution in [0.3, 0.4) is 0 Å². The van der Waals surface area contributed by atoms with Gasteiger partial charge in [-0.25, -0.2) is 4.98 Å². The van der Waals surface area contributed by atoms with Crippen molar-refractivity contribution in [1.82, 2.24) is 20.5 Å². The second-order valence-corrected chi connectivity index (χ2v) is 9.32. The van der Waals surface area contributed by atoms with E-state index in [1.54, 1.807) is 18.4 Å². The van der Waals surface area contributed by atoms with Crippen molar-refractivity contribution < 1.29 is 4.74 Å². The van der Waals surface area contributed by atoms with E-state index in [0.29, 0.717) is 5.92 Å². The van der Waals surface area contributed by atoms with Gasteiger partial charge in [0.05, 0.1) is 17.8 Å². The monoisotopic (exact) mass is 443 g/mol. The molecule has 0 bridgehead atoms. The molecule has 1 aromatic carbocycles. The van der Waals surface area contributed by atoms with Gasteiger partial charge in [-0.1, -0.05) is 12.1 Å². The molecule has 3 rings (SSSR count). The van der Waals surface area contributed by atoms with Gasteiger partial charge in [-0.3, -0.25) is 9.89 Å². The molecule has 1 fully saturated rings. The SMILES string of the molecule is CN=C(NCCCCc1ccc(OC)cc1)NCC1CCN(Cc2csc(C)n2)CC1. The number of guanidine groups is 1. The summed E-state index contributed by atoms with van der Waals surface area (Å²) in [4.78, 5) is 11.5. The average molecular weight is 444 g/mol. The van der Waals surface area contributed by atoms with Crippen LogP contribution in [0.15, 0.2) is 34.6 Å². The van der Waals surface area contributed by atoms with E-state index in [1.807, 2.05) is 19.2 Å². The summed E-state index contributed by atoms with van der Waals surface area (Å²) in [6.45, 7) is 7.31. The fourth-order valence-electron chi connectivity index (χ4n) is 3.97. The van der Waals surface area contributed by atoms with Crippen molar-refractivity contribution in [2.24, 2.45) is 10.9 Å². The minimum atomic E-state index is 0.710. The number of aromatic nitrogens is 1. The van der Waals surface area contributed by atoms with Crippen LogP contribution in [-0.2, 0) is 13.0 Å². The summed E-state index contributed by atoms with van der Waals surface area (Å²) in [7, 11) is 3.56. The van der Waals surface area contributed by atoms with Crippen LogP contribution in [0.2, 0.25) is 0 Å². The Kier molecular flexibility index (Phi) is 9.62. The van der Waals surface area contributed by atoms with Gasteiger partial charge in [0.15, 0.2) is 5.96 Å². The van der Waals surface area contributed by atoms with Crippen molar-refractivity contribution in [2.45, 2.75) is 45.6 Å². The Morgan fingerprint density at radius 3 is 2.61 bits per heavy atom. The number of hydrogen-bond acceptors (Lipinski definition) is 5. The van der Waals surface area contributed by atoms with Crippen LogP contribution in [0.1, 0.15) is 41.9 Å². The lowest BCUT2D eigenvalue weighted by atomic mass is 9.97. The quantitative estimate of drug-likeness (QED) is 0.332. The molecule has 2 N–H and O–H groups in total. The number of methoxy groups -OCH3 is 1. The van der Waals surface area contributed by atoms with Crippen molar-refractivity contribution in [3.05, 3.63) is 45.9 Å². The molecule has 2 heterocycles. The highest BCUT2D eigenvalue weighted by Crippen LogP contribution is 2.19. The number of nitrogens with zero attached hydrogens (tertiary/aromatic N) is 3. The van der Waals surface area contributed by atoms with Gasteiger partial charge in [0.2, 0.25) is 0 Å². The van der Waals surface area contributed by atoms with Crippen molar-refractivity contribution in [1.29, 1.82) is 0 Å². The minimum absolute atomic E-state index is 0.710. The largest absolute Gasteiger partial charge is 0.497 e. The molecule has 0 atom stereocenters. The topological polar surface area (TPSA) is 61.8 Å². The van der Waals surface area contributed by atoms with E-state index in [9.17, 15) is 0 Å². The summed E-state index contributed by atoms with van der Waals surface area (Å²) in [5.41, 5.74) is 2.58. The van der Waals surface area contributed by atoms with Crippen molar-refractivity contribution in [2.75, 3.05) is 40.3 Å². The number of piperidine rings is 1. The minimum Gasteiger partial charge on any atom is -0.497 e. The molecule has 0 radical (unpaired) electrons. The first-order valence-corrected chi connectivity index (χ1v) is 12.2. The van der Waals surface area contributed by atoms with Crippen molar-refractivity contribution in [3.63, 3.8) is 0 Å². The molecule has 170 valence electrons. The fraction of sp³-hybridized carbons (Fsp3) is 0.583. The van der Waals surface area contributed by atoms with Crippen LogP contribution in [-0.4, -0.2) is 56.2 Å². The summed E-state index contributed by atoms with van der Waals surface area (Å²) in [5.74, 6) is 2.55. The van der Waals surface area contributed by atoms with Gasteiger partial charge in [-0.15, -0.1) is 11.3 Å². The second kappa shape index (κ2) is 12.7. The van der Waals surface area contributed by atoms with E-state index in [-0.39, 0.29) is 0 Å². The summed E-state index contributed by atoms with van der Waals surface area (Å²) >= 11 is 1.74. The van der Waals surface area contributed by atoms with E-state index in [4.69, 9.17) is 4.74 Å². The van der Waals surface area contributed by atoms with E-state index < -0.39 is 0 Å². The normalized spacial score (nSPS) is 15.8. The third-order valence-electron chi connectivity index (χ3n) is 5.88. The number of nitrogens with one attached hydrogen (secondary N) is 2. The predicted octanol–water partition coefficient (Wildman–Crippen LogP) is 3.86. The molecule has 0 unspecified atom stereocenters. The third-order valence-corrected chi connectivity index (χ3v) is 6.71. The standard InChI is InChI=1S/C24H37N5OS/c1-19-28-22(18-31-19)17-29-14-11-21(12-15-29)16-27-24(25-2)26-13-5-4-6-20-7-9-23(30-3)10-8-20/h7-10,18,21H,4-6,11-17H2,1-3H3,(H2,25,26,27). The Balaban J connectivity index is 1.25. The van der Waals surface area contributed by atoms with E-state index >= 15 is 0 Å². The summed E-state index contributed by atoms with van der Waals surface area (Å²) in [6.07, 6.45) is 5.84. The van der Waals surface area contributed by atoms with Crippen molar-refractivity contribution in [3.8, 4) is 5.75 Å². The third kappa shape index (κ3) is 8.15. The lowest BCUT2D eigenvalue weighted by molar-refractivity contribution is 0.176. The molecule has 1 aliphatic rings. The zero-order valence-electron chi connectivity index (χ0n) is 19.2. The summed E-state index contributed by atoms with van der Waals surface area (Å²) in [5, 5.41) is 10.3. The molecule has 0 aliphatic carbocycles. The molecule has 31 heavy (non-hydrogen) atoms. The summed E-state index contributed by atoms with van der Waals surface area (Å²) in [6, 6.07) is 8.36. The fourth-order valence-corrected chi connectivity index (χ4v) is 4.58. The average Bonchev–Trinajstić information content (AvgIpc) is 3.21. The van der Waals surface area contributed by atoms with Crippen molar-refractivity contribution >= 4 is 17.3 Å². The molecule has 1 aromatic heterocycles. The van der Waals surface area contributed by atoms with Crippen LogP contribution in [0.25, 0.3) is 0 Å². The maximum absolute atomic E-state index is 5.21. The Morgan fingerprint density at radius 2 is 1.97 bits per heavy atom. The molecular formula is C24H37N5OS. The van der Waals surface area contributed by atoms with E-state index in [1.165, 1.54) is 24.1 Å². The smallest absolute Gasteiger partial charge is 0.190 e. The maximum Gasteiger partial charge on any atom is 0.190 e. The number of thiazole rings is 1. The van der Waals surface area contributed by atoms with Gasteiger partial charge in [-0.05, 0) is 75.7 Å². The van der Waals surface area contributed by atoms with Crippen LogP contribution < -0.4 is 15.4 Å². The predicted molar refractivity (Wildman–Crippen MR) is 130 cm³/mol. The highest BCUT2D eigenvalue weighted by atomic mass is 32.1. The van der Waals surface area contributed by atoms with Crippen LogP contribution in [0.5, 0.6) is 5.75 Å². The summed E-state index contributed by atoms with van der Waals surface area (Å²) < 4.78 is 5.21. The van der Waals surface area contributed by atoms with Gasteiger partial charge in [0.1, 0.15) is 5.75 Å². The highest BCUT2D eigenvalue weighted by Gasteiger charge is 2.20. The van der Waals surface area contributed by atoms with Crippen LogP contribution >= 0.6 is 11.3 Å². The Morgan fingerprint density at radius 1 is 1.19 bits per heavy atom. The van der Waals surface area contributed by atoms with E-state index in [2.05, 4.69) is 49.9 Å². The molecule has 1 aliphatic heterocycles. The van der Waals surface area contributed by atoms with E-state index in [0.717, 1.165) is 68.7 Å². The van der Waals surface area contributed by atoms with Gasteiger partial charge in [0, 0.05) is 32.1 Å². The molecule has 0 amide bonds. The molecule has 0 spiro atoms. The number of hydrogen-bond donors (Lipinski definition) is 2. The number of unbranched alkanes of at least 4 members (excludes halogenated alkanes) is 1. The van der Waals surface area contributed by atoms with Crippen LogP contribution in [0, 0.1) is 12.8 Å². The molecule has 6 nitrogen and oxygen atoms in total. The number of ether oxygens (including phenoxy) is 1. The number of rotatable bonds is 10. The first-order chi connectivity index (χ1) is 15.2. The molecule has 2 aromatic rings. The number of aliphatic imine (C=N–C) groups is 1. The lowest BCUT2D eigenvalue weighted by Crippen LogP contribution is -2.43. The molecule has 7 heteroatoms. The highest BCUT2D eigenvalue weighted by molar-refractivity contribution is 7.09. The number of benzene rings is 1. The Hall–Kier alpha value is -2.12. The zero-order chi connectivity index (χ0) is 21.9. The first-order valence-electron chi connectivity index (χ1n) is 11.4. The van der Waals surface area contributed by atoms with Gasteiger partial charge in [-0.2, -0.15) is 0 Å². The van der Waals surface area contributed by atoms with Gasteiger partial charge >= 0.3 is 0 Å². The van der Waals surface area contributed by atoms with Gasteiger partial charge in [0.25, 0.3) is 0 Å². The Labute approximate surface area is 191 Å². The molecular weight excluding hydrogens is 406 g/mol. The molecule has 1 saturated heterocycles. The number of aryl methyl sites for hydroxylation is 2. The van der Waals surface area contributed by atoms with Gasteiger partial charge < -0.3 is 15.4 Å².